The number of fused-ring (bicyclic) bond motifs is 1. The van der Waals surface area contributed by atoms with Gasteiger partial charge in [0.05, 0.1) is 16.8 Å². The highest BCUT2D eigenvalue weighted by molar-refractivity contribution is 6.07. The molecule has 10 nitrogen and oxygen atoms in total. The van der Waals surface area contributed by atoms with E-state index in [1.165, 1.54) is 12.1 Å². The Bertz CT molecular complexity index is 943. The number of amides is 3. The Labute approximate surface area is 172 Å². The normalized spacial score (nSPS) is 20.1. The fourth-order valence-electron chi connectivity index (χ4n) is 3.58. The number of nitrogens with one attached hydrogen (secondary N) is 1. The van der Waals surface area contributed by atoms with E-state index in [0.29, 0.717) is 18.4 Å². The fourth-order valence-corrected chi connectivity index (χ4v) is 3.58. The molecule has 158 valence electrons. The summed E-state index contributed by atoms with van der Waals surface area (Å²) in [6, 6.07) is 2.81. The molecule has 1 fully saturated rings. The van der Waals surface area contributed by atoms with Crippen LogP contribution >= 0.6 is 0 Å². The summed E-state index contributed by atoms with van der Waals surface area (Å²) in [4.78, 5) is 60.3. The number of hydrogen-bond acceptors (Lipinski definition) is 7. The van der Waals surface area contributed by atoms with Crippen molar-refractivity contribution in [2.24, 2.45) is 11.8 Å². The van der Waals surface area contributed by atoms with Gasteiger partial charge in [0.15, 0.2) is 6.61 Å². The number of likely N-dealkylation sites (tertiary alicyclic amines) is 1. The molecule has 1 N–H and O–H groups in total. The van der Waals surface area contributed by atoms with E-state index in [0.717, 1.165) is 10.5 Å². The lowest BCUT2D eigenvalue weighted by atomic mass is 9.85. The highest BCUT2D eigenvalue weighted by atomic mass is 16.6. The van der Waals surface area contributed by atoms with Crippen LogP contribution in [0.25, 0.3) is 0 Å². The molecule has 0 bridgehead atoms. The average molecular weight is 415 g/mol. The van der Waals surface area contributed by atoms with Crippen LogP contribution in [0.15, 0.2) is 24.3 Å². The highest BCUT2D eigenvalue weighted by Gasteiger charge is 2.47. The maximum absolute atomic E-state index is 12.3. The molecule has 2 aliphatic rings. The molecule has 0 unspecified atom stereocenters. The molecule has 10 heteroatoms. The summed E-state index contributed by atoms with van der Waals surface area (Å²) in [5.74, 6) is -3.42. The number of benzene rings is 1. The van der Waals surface area contributed by atoms with Crippen molar-refractivity contribution in [2.45, 2.75) is 26.7 Å². The Morgan fingerprint density at radius 3 is 2.27 bits per heavy atom. The van der Waals surface area contributed by atoms with Crippen molar-refractivity contribution in [3.8, 4) is 0 Å². The second kappa shape index (κ2) is 8.44. The highest BCUT2D eigenvalue weighted by Crippen LogP contribution is 2.34. The molecule has 30 heavy (non-hydrogen) atoms. The van der Waals surface area contributed by atoms with Gasteiger partial charge >= 0.3 is 5.97 Å². The molecule has 1 saturated heterocycles. The summed E-state index contributed by atoms with van der Waals surface area (Å²) in [7, 11) is 0. The van der Waals surface area contributed by atoms with Gasteiger partial charge in [0, 0.05) is 6.07 Å². The Morgan fingerprint density at radius 2 is 1.70 bits per heavy atom. The number of ether oxygens (including phenoxy) is 1. The zero-order valence-corrected chi connectivity index (χ0v) is 16.5. The SMILES string of the molecule is Cc1cc(NC(=O)COC(=O)CN2C(=O)[C@@H]3CC=CC[C@H]3C2=O)c([N+](=O)[O-])cc1C. The minimum Gasteiger partial charge on any atom is -0.454 e. The fraction of sp³-hybridized carbons (Fsp3) is 0.400. The minimum atomic E-state index is -0.909. The summed E-state index contributed by atoms with van der Waals surface area (Å²) in [6.45, 7) is 2.18. The van der Waals surface area contributed by atoms with Crippen LogP contribution in [0, 0.1) is 35.8 Å². The first kappa shape index (κ1) is 21.2. The van der Waals surface area contributed by atoms with Crippen LogP contribution in [0.4, 0.5) is 11.4 Å². The van der Waals surface area contributed by atoms with E-state index in [2.05, 4.69) is 5.32 Å². The van der Waals surface area contributed by atoms with Crippen molar-refractivity contribution < 1.29 is 28.8 Å². The monoisotopic (exact) mass is 415 g/mol. The van der Waals surface area contributed by atoms with Crippen LogP contribution in [0.2, 0.25) is 0 Å². The molecule has 3 amide bonds. The van der Waals surface area contributed by atoms with Gasteiger partial charge in [0.1, 0.15) is 12.2 Å². The van der Waals surface area contributed by atoms with Crippen molar-refractivity contribution in [2.75, 3.05) is 18.5 Å². The largest absolute Gasteiger partial charge is 0.454 e. The molecule has 1 aromatic rings. The second-order valence-corrected chi connectivity index (χ2v) is 7.34. The molecule has 1 heterocycles. The lowest BCUT2D eigenvalue weighted by Crippen LogP contribution is -2.37. The van der Waals surface area contributed by atoms with E-state index in [-0.39, 0.29) is 11.4 Å². The lowest BCUT2D eigenvalue weighted by Gasteiger charge is -2.14. The summed E-state index contributed by atoms with van der Waals surface area (Å²) in [5.41, 5.74) is 1.16. The van der Waals surface area contributed by atoms with Gasteiger partial charge in [-0.15, -0.1) is 0 Å². The van der Waals surface area contributed by atoms with E-state index < -0.39 is 53.6 Å². The number of esters is 1. The molecule has 0 spiro atoms. The zero-order chi connectivity index (χ0) is 22.0. The first-order valence-electron chi connectivity index (χ1n) is 9.40. The number of allylic oxidation sites excluding steroid dienone is 2. The Balaban J connectivity index is 1.56. The molecule has 1 aliphatic heterocycles. The third-order valence-corrected chi connectivity index (χ3v) is 5.33. The Kier molecular flexibility index (Phi) is 5.95. The third kappa shape index (κ3) is 4.22. The molecular weight excluding hydrogens is 394 g/mol. The van der Waals surface area contributed by atoms with Crippen molar-refractivity contribution in [3.05, 3.63) is 45.5 Å². The van der Waals surface area contributed by atoms with E-state index in [9.17, 15) is 29.3 Å². The van der Waals surface area contributed by atoms with Crippen molar-refractivity contribution in [3.63, 3.8) is 0 Å². The quantitative estimate of drug-likeness (QED) is 0.245. The summed E-state index contributed by atoms with van der Waals surface area (Å²) in [6.07, 6.45) is 4.59. The lowest BCUT2D eigenvalue weighted by molar-refractivity contribution is -0.384. The van der Waals surface area contributed by atoms with Gasteiger partial charge in [-0.2, -0.15) is 0 Å². The first-order chi connectivity index (χ1) is 14.2. The number of anilines is 1. The number of carbonyl (C=O) groups excluding carboxylic acids is 4. The third-order valence-electron chi connectivity index (χ3n) is 5.33. The predicted molar refractivity (Wildman–Crippen MR) is 104 cm³/mol. The number of aryl methyl sites for hydroxylation is 2. The van der Waals surface area contributed by atoms with Gasteiger partial charge in [0.25, 0.3) is 11.6 Å². The molecule has 0 saturated carbocycles. The van der Waals surface area contributed by atoms with Crippen molar-refractivity contribution in [1.82, 2.24) is 4.90 Å². The molecule has 1 aromatic carbocycles. The minimum absolute atomic E-state index is 0.00868. The number of hydrogen-bond donors (Lipinski definition) is 1. The number of imide groups is 1. The molecule has 1 aliphatic carbocycles. The number of nitrogens with zero attached hydrogens (tertiary/aromatic N) is 2. The van der Waals surface area contributed by atoms with Crippen LogP contribution in [-0.2, 0) is 23.9 Å². The van der Waals surface area contributed by atoms with Gasteiger partial charge in [-0.25, -0.2) is 0 Å². The van der Waals surface area contributed by atoms with Crippen LogP contribution in [0.3, 0.4) is 0 Å². The Hall–Kier alpha value is -3.56. The van der Waals surface area contributed by atoms with Crippen LogP contribution in [-0.4, -0.2) is 46.7 Å². The van der Waals surface area contributed by atoms with Gasteiger partial charge < -0.3 is 10.1 Å². The molecule has 3 rings (SSSR count). The number of nitro benzene ring substituents is 1. The van der Waals surface area contributed by atoms with E-state index in [4.69, 9.17) is 4.74 Å². The Morgan fingerprint density at radius 1 is 1.13 bits per heavy atom. The summed E-state index contributed by atoms with van der Waals surface area (Å²) < 4.78 is 4.86. The number of rotatable bonds is 6. The van der Waals surface area contributed by atoms with Gasteiger partial charge in [-0.1, -0.05) is 12.2 Å². The van der Waals surface area contributed by atoms with E-state index >= 15 is 0 Å². The van der Waals surface area contributed by atoms with Gasteiger partial charge in [-0.05, 0) is 43.9 Å². The average Bonchev–Trinajstić information content (AvgIpc) is 2.94. The van der Waals surface area contributed by atoms with Crippen molar-refractivity contribution >= 4 is 35.1 Å². The van der Waals surface area contributed by atoms with Crippen LogP contribution in [0.5, 0.6) is 0 Å². The maximum atomic E-state index is 12.3. The molecular formula is C20H21N3O7. The van der Waals surface area contributed by atoms with Gasteiger partial charge in [0.2, 0.25) is 11.8 Å². The summed E-state index contributed by atoms with van der Waals surface area (Å²) >= 11 is 0. The molecule has 2 atom stereocenters. The predicted octanol–water partition coefficient (Wildman–Crippen LogP) is 1.64. The first-order valence-corrected chi connectivity index (χ1v) is 9.40. The van der Waals surface area contributed by atoms with Crippen molar-refractivity contribution in [1.29, 1.82) is 0 Å². The van der Waals surface area contributed by atoms with E-state index in [1.54, 1.807) is 13.8 Å². The van der Waals surface area contributed by atoms with Gasteiger partial charge in [-0.3, -0.25) is 34.2 Å². The number of carbonyl (C=O) groups is 4. The van der Waals surface area contributed by atoms with Crippen LogP contribution in [0.1, 0.15) is 24.0 Å². The molecule has 0 radical (unpaired) electrons. The number of nitro groups is 1. The van der Waals surface area contributed by atoms with E-state index in [1.807, 2.05) is 12.2 Å². The maximum Gasteiger partial charge on any atom is 0.326 e. The zero-order valence-electron chi connectivity index (χ0n) is 16.5. The summed E-state index contributed by atoms with van der Waals surface area (Å²) in [5, 5.41) is 13.5. The smallest absolute Gasteiger partial charge is 0.326 e. The standard InChI is InChI=1S/C20H21N3O7/c1-11-7-15(16(23(28)29)8-12(11)2)21-17(24)10-30-18(25)9-22-19(26)13-5-3-4-6-14(13)20(22)27/h3-4,7-8,13-14H,5-6,9-10H2,1-2H3,(H,21,24)/t13-,14-/m1/s1. The second-order valence-electron chi connectivity index (χ2n) is 7.34. The topological polar surface area (TPSA) is 136 Å². The van der Waals surface area contributed by atoms with Crippen LogP contribution < -0.4 is 5.32 Å². The molecule has 0 aromatic heterocycles.